The highest BCUT2D eigenvalue weighted by Crippen LogP contribution is 2.36. The van der Waals surface area contributed by atoms with Crippen LogP contribution in [0.3, 0.4) is 0 Å². The highest BCUT2D eigenvalue weighted by molar-refractivity contribution is 7.89. The molecule has 106 valence electrons. The van der Waals surface area contributed by atoms with Crippen molar-refractivity contribution in [3.05, 3.63) is 22.5 Å². The summed E-state index contributed by atoms with van der Waals surface area (Å²) in [5.74, 6) is 0. The fourth-order valence-electron chi connectivity index (χ4n) is 1.65. The van der Waals surface area contributed by atoms with E-state index >= 15 is 0 Å². The van der Waals surface area contributed by atoms with Gasteiger partial charge in [-0.05, 0) is 26.8 Å². The minimum absolute atomic E-state index is 0.0413. The molecule has 0 saturated heterocycles. The van der Waals surface area contributed by atoms with Crippen molar-refractivity contribution >= 4 is 10.8 Å². The number of aromatic nitrogens is 3. The van der Waals surface area contributed by atoms with Crippen LogP contribution in [0.2, 0.25) is 0 Å². The average Bonchev–Trinajstić information content (AvgIpc) is 2.80. The molecule has 1 aromatic heterocycles. The lowest BCUT2D eigenvalue weighted by Gasteiger charge is -2.14. The Balaban J connectivity index is 2.35. The molecule has 1 N–H and O–H groups in total. The van der Waals surface area contributed by atoms with Gasteiger partial charge in [-0.15, -0.1) is 0 Å². The summed E-state index contributed by atoms with van der Waals surface area (Å²) in [4.78, 5) is 6.05. The molecule has 0 saturated carbocycles. The second kappa shape index (κ2) is 4.34. The van der Waals surface area contributed by atoms with Crippen LogP contribution in [0.5, 0.6) is 0 Å². The zero-order valence-electron chi connectivity index (χ0n) is 10.9. The Morgan fingerprint density at radius 3 is 2.53 bits per heavy atom. The van der Waals surface area contributed by atoms with Gasteiger partial charge in [-0.2, -0.15) is 23.8 Å². The van der Waals surface area contributed by atoms with Crippen molar-refractivity contribution in [2.24, 2.45) is 7.05 Å². The van der Waals surface area contributed by atoms with Crippen LogP contribution in [-0.2, 0) is 27.9 Å². The third kappa shape index (κ3) is 2.52. The SMILES string of the molecule is Cc1nn(C)nc1C(F)(F)S(=O)C1=CC(C)(C)ON1. The Bertz CT molecular complexity index is 568. The van der Waals surface area contributed by atoms with Gasteiger partial charge in [-0.25, -0.2) is 4.21 Å². The number of hydrogen-bond donors (Lipinski definition) is 1. The summed E-state index contributed by atoms with van der Waals surface area (Å²) in [6.07, 6.45) is 1.36. The van der Waals surface area contributed by atoms with Gasteiger partial charge in [-0.1, -0.05) is 0 Å². The van der Waals surface area contributed by atoms with E-state index in [1.165, 1.54) is 20.0 Å². The quantitative estimate of drug-likeness (QED) is 0.902. The summed E-state index contributed by atoms with van der Waals surface area (Å²) in [5, 5.41) is 3.51. The molecular formula is C10H14F2N4O2S. The van der Waals surface area contributed by atoms with E-state index < -0.39 is 27.3 Å². The van der Waals surface area contributed by atoms with Crippen molar-refractivity contribution in [3.63, 3.8) is 0 Å². The zero-order valence-corrected chi connectivity index (χ0v) is 11.7. The molecule has 19 heavy (non-hydrogen) atoms. The molecular weight excluding hydrogens is 278 g/mol. The lowest BCUT2D eigenvalue weighted by atomic mass is 10.1. The molecule has 1 unspecified atom stereocenters. The van der Waals surface area contributed by atoms with Crippen LogP contribution in [0, 0.1) is 6.92 Å². The zero-order chi connectivity index (χ0) is 14.4. The van der Waals surface area contributed by atoms with Crippen LogP contribution in [0.4, 0.5) is 8.78 Å². The largest absolute Gasteiger partial charge is 0.372 e. The maximum atomic E-state index is 14.2. The van der Waals surface area contributed by atoms with Gasteiger partial charge in [0.05, 0.1) is 5.69 Å². The van der Waals surface area contributed by atoms with Crippen LogP contribution in [0.25, 0.3) is 0 Å². The van der Waals surface area contributed by atoms with E-state index in [1.54, 1.807) is 13.8 Å². The highest BCUT2D eigenvalue weighted by Gasteiger charge is 2.47. The molecule has 1 aliphatic heterocycles. The number of rotatable bonds is 3. The normalized spacial score (nSPS) is 20.0. The van der Waals surface area contributed by atoms with E-state index in [4.69, 9.17) is 4.84 Å². The number of nitrogens with one attached hydrogen (secondary N) is 1. The Morgan fingerprint density at radius 2 is 2.11 bits per heavy atom. The fourth-order valence-corrected chi connectivity index (χ4v) is 2.79. The monoisotopic (exact) mass is 292 g/mol. The van der Waals surface area contributed by atoms with Gasteiger partial charge in [0.15, 0.2) is 5.69 Å². The van der Waals surface area contributed by atoms with Crippen LogP contribution >= 0.6 is 0 Å². The van der Waals surface area contributed by atoms with Crippen molar-refractivity contribution in [2.45, 2.75) is 31.6 Å². The smallest absolute Gasteiger partial charge is 0.265 e. The first-order chi connectivity index (χ1) is 8.63. The molecule has 1 atom stereocenters. The molecule has 0 aliphatic carbocycles. The Kier molecular flexibility index (Phi) is 3.21. The van der Waals surface area contributed by atoms with Crippen molar-refractivity contribution in [1.82, 2.24) is 20.5 Å². The summed E-state index contributed by atoms with van der Waals surface area (Å²) < 4.78 is 40.3. The molecule has 0 bridgehead atoms. The minimum atomic E-state index is -3.64. The van der Waals surface area contributed by atoms with E-state index in [-0.39, 0.29) is 10.7 Å². The first kappa shape index (κ1) is 14.1. The number of halogens is 2. The molecule has 2 heterocycles. The lowest BCUT2D eigenvalue weighted by molar-refractivity contribution is -0.0133. The standard InChI is InChI=1S/C10H14F2N4O2S/c1-6-8(14-16(4)13-6)10(11,12)19(17)7-5-9(2,3)18-15-7/h5,15H,1-4H3. The average molecular weight is 292 g/mol. The molecule has 0 amide bonds. The predicted octanol–water partition coefficient (Wildman–Crippen LogP) is 1.08. The number of hydroxylamine groups is 1. The van der Waals surface area contributed by atoms with Gasteiger partial charge >= 0.3 is 5.25 Å². The van der Waals surface area contributed by atoms with Crippen LogP contribution in [0.15, 0.2) is 11.1 Å². The van der Waals surface area contributed by atoms with Gasteiger partial charge in [0.25, 0.3) is 0 Å². The van der Waals surface area contributed by atoms with Gasteiger partial charge < -0.3 is 0 Å². The van der Waals surface area contributed by atoms with E-state index in [2.05, 4.69) is 15.7 Å². The second-order valence-corrected chi connectivity index (χ2v) is 6.22. The molecule has 2 rings (SSSR count). The van der Waals surface area contributed by atoms with E-state index in [9.17, 15) is 13.0 Å². The maximum absolute atomic E-state index is 14.2. The number of nitrogens with zero attached hydrogens (tertiary/aromatic N) is 3. The molecule has 6 nitrogen and oxygen atoms in total. The topological polar surface area (TPSA) is 69.0 Å². The lowest BCUT2D eigenvalue weighted by Crippen LogP contribution is -2.27. The Hall–Kier alpha value is -1.35. The molecule has 0 radical (unpaired) electrons. The van der Waals surface area contributed by atoms with E-state index in [1.807, 2.05) is 0 Å². The highest BCUT2D eigenvalue weighted by atomic mass is 32.2. The number of alkyl halides is 2. The predicted molar refractivity (Wildman–Crippen MR) is 64.2 cm³/mol. The molecule has 1 aliphatic rings. The molecule has 0 aromatic carbocycles. The first-order valence-electron chi connectivity index (χ1n) is 5.48. The van der Waals surface area contributed by atoms with Gasteiger partial charge in [0.1, 0.15) is 21.4 Å². The summed E-state index contributed by atoms with van der Waals surface area (Å²) in [5.41, 5.74) is 0.940. The van der Waals surface area contributed by atoms with Crippen molar-refractivity contribution < 1.29 is 17.8 Å². The summed E-state index contributed by atoms with van der Waals surface area (Å²) >= 11 is 0. The second-order valence-electron chi connectivity index (χ2n) is 4.73. The van der Waals surface area contributed by atoms with Crippen LogP contribution in [-0.4, -0.2) is 24.8 Å². The minimum Gasteiger partial charge on any atom is -0.265 e. The van der Waals surface area contributed by atoms with Crippen molar-refractivity contribution in [2.75, 3.05) is 0 Å². The molecule has 1 aromatic rings. The maximum Gasteiger partial charge on any atom is 0.372 e. The van der Waals surface area contributed by atoms with Crippen LogP contribution in [0.1, 0.15) is 25.2 Å². The first-order valence-corrected chi connectivity index (χ1v) is 6.63. The Morgan fingerprint density at radius 1 is 1.47 bits per heavy atom. The third-order valence-electron chi connectivity index (χ3n) is 2.48. The van der Waals surface area contributed by atoms with E-state index in [0.29, 0.717) is 0 Å². The summed E-state index contributed by atoms with van der Waals surface area (Å²) in [6, 6.07) is 0. The molecule has 0 fully saturated rings. The van der Waals surface area contributed by atoms with Crippen molar-refractivity contribution in [3.8, 4) is 0 Å². The summed E-state index contributed by atoms with van der Waals surface area (Å²) in [6.45, 7) is 4.72. The fraction of sp³-hybridized carbons (Fsp3) is 0.600. The molecule has 9 heteroatoms. The van der Waals surface area contributed by atoms with Gasteiger partial charge in [0.2, 0.25) is 0 Å². The van der Waals surface area contributed by atoms with Gasteiger partial charge in [0, 0.05) is 7.05 Å². The van der Waals surface area contributed by atoms with Gasteiger partial charge in [-0.3, -0.25) is 10.3 Å². The summed E-state index contributed by atoms with van der Waals surface area (Å²) in [7, 11) is -1.20. The van der Waals surface area contributed by atoms with Crippen molar-refractivity contribution in [1.29, 1.82) is 0 Å². The van der Waals surface area contributed by atoms with E-state index in [0.717, 1.165) is 4.80 Å². The van der Waals surface area contributed by atoms with Crippen LogP contribution < -0.4 is 5.48 Å². The number of aryl methyl sites for hydroxylation is 2. The third-order valence-corrected chi connectivity index (χ3v) is 3.74. The molecule has 0 spiro atoms. The Labute approximate surface area is 111 Å². The number of hydrogen-bond acceptors (Lipinski definition) is 5.